The number of nitrogens with one attached hydrogen (secondary N) is 2. The molecule has 1 unspecified atom stereocenters. The van der Waals surface area contributed by atoms with Gasteiger partial charge >= 0.3 is 0 Å². The van der Waals surface area contributed by atoms with Crippen LogP contribution in [0.2, 0.25) is 0 Å². The van der Waals surface area contributed by atoms with Gasteiger partial charge in [0, 0.05) is 6.04 Å². The van der Waals surface area contributed by atoms with Crippen molar-refractivity contribution in [3.8, 4) is 0 Å². The fourth-order valence-corrected chi connectivity index (χ4v) is 10.1. The summed E-state index contributed by atoms with van der Waals surface area (Å²) in [5.41, 5.74) is 3.10. The Bertz CT molecular complexity index is 1310. The zero-order chi connectivity index (χ0) is 28.6. The summed E-state index contributed by atoms with van der Waals surface area (Å²) in [6, 6.07) is 44.1. The molecule has 3 nitrogen and oxygen atoms in total. The highest BCUT2D eigenvalue weighted by Gasteiger charge is 2.38. The molecule has 0 saturated heterocycles. The second-order valence-corrected chi connectivity index (χ2v) is 14.2. The van der Waals surface area contributed by atoms with Gasteiger partial charge in [-0.1, -0.05) is 128 Å². The van der Waals surface area contributed by atoms with Crippen LogP contribution in [0.4, 0.5) is 0 Å². The molecule has 0 heterocycles. The van der Waals surface area contributed by atoms with Crippen molar-refractivity contribution in [2.75, 3.05) is 14.1 Å². The summed E-state index contributed by atoms with van der Waals surface area (Å²) < 4.78 is 0. The molecule has 1 aliphatic carbocycles. The lowest BCUT2D eigenvalue weighted by Crippen LogP contribution is -2.48. The Kier molecular flexibility index (Phi) is 10.2. The topological polar surface area (TPSA) is 27.3 Å². The van der Waals surface area contributed by atoms with E-state index in [0.717, 1.165) is 5.11 Å². The molecule has 0 aromatic heterocycles. The first-order chi connectivity index (χ1) is 20.0. The van der Waals surface area contributed by atoms with Crippen molar-refractivity contribution in [2.24, 2.45) is 5.92 Å². The number of rotatable bonds is 10. The monoisotopic (exact) mass is 579 g/mol. The second-order valence-electron chi connectivity index (χ2n) is 11.3. The van der Waals surface area contributed by atoms with Crippen molar-refractivity contribution in [3.63, 3.8) is 0 Å². The van der Waals surface area contributed by atoms with E-state index in [1.165, 1.54) is 41.0 Å². The Morgan fingerprint density at radius 3 is 1.71 bits per heavy atom. The summed E-state index contributed by atoms with van der Waals surface area (Å²) in [5.74, 6) is 0.551. The maximum Gasteiger partial charge on any atom is 0.167 e. The van der Waals surface area contributed by atoms with Crippen molar-refractivity contribution in [1.29, 1.82) is 0 Å². The summed E-state index contributed by atoms with van der Waals surface area (Å²) in [5, 5.41) is 11.2. The molecule has 1 aliphatic rings. The number of benzene rings is 4. The third-order valence-corrected chi connectivity index (χ3v) is 11.6. The maximum absolute atomic E-state index is 6.05. The van der Waals surface area contributed by atoms with Crippen LogP contribution in [0.15, 0.2) is 121 Å². The largest absolute Gasteiger partial charge is 0.360 e. The van der Waals surface area contributed by atoms with Gasteiger partial charge in [0.25, 0.3) is 0 Å². The lowest BCUT2D eigenvalue weighted by molar-refractivity contribution is 0.246. The van der Waals surface area contributed by atoms with Crippen molar-refractivity contribution in [3.05, 3.63) is 132 Å². The zero-order valence-electron chi connectivity index (χ0n) is 24.4. The molecule has 212 valence electrons. The van der Waals surface area contributed by atoms with Gasteiger partial charge in [0.2, 0.25) is 0 Å². The molecule has 4 aromatic rings. The maximum atomic E-state index is 6.05. The first-order valence-electron chi connectivity index (χ1n) is 14.8. The fraction of sp³-hybridized carbons (Fsp3) is 0.306. The summed E-state index contributed by atoms with van der Waals surface area (Å²) in [7, 11) is 3.83. The number of likely N-dealkylation sites (N-methyl/N-ethyl adjacent to an activating group) is 1. The van der Waals surface area contributed by atoms with Gasteiger partial charge in [-0.3, -0.25) is 0 Å². The third-order valence-electron chi connectivity index (χ3n) is 8.39. The van der Waals surface area contributed by atoms with E-state index in [2.05, 4.69) is 158 Å². The standard InChI is InChI=1S/C36H42N3PS/c1-27(32-25-16-26-33(32)40(30-21-12-6-13-22-30)31-23-14-7-15-24-31)37-36(41)38-34(28-17-8-4-9-18-28)35(39(2)3)29-19-10-5-11-20-29/h4-15,17-24,27,32-35H,16,25-26H2,1-3H3,(H2,37,38,41)/t27-,32+,33?,34+,35+/m1/s1. The van der Waals surface area contributed by atoms with Gasteiger partial charge in [0.15, 0.2) is 5.11 Å². The summed E-state index contributed by atoms with van der Waals surface area (Å²) in [4.78, 5) is 2.28. The predicted octanol–water partition coefficient (Wildman–Crippen LogP) is 7.18. The molecule has 0 spiro atoms. The molecule has 4 aromatic carbocycles. The first-order valence-corrected chi connectivity index (χ1v) is 16.6. The normalized spacial score (nSPS) is 19.0. The Hall–Kier alpha value is -3.04. The lowest BCUT2D eigenvalue weighted by atomic mass is 9.92. The Morgan fingerprint density at radius 2 is 1.20 bits per heavy atom. The lowest BCUT2D eigenvalue weighted by Gasteiger charge is -2.37. The quantitative estimate of drug-likeness (QED) is 0.154. The van der Waals surface area contributed by atoms with Crippen molar-refractivity contribution < 1.29 is 0 Å². The number of hydrogen-bond acceptors (Lipinski definition) is 2. The number of hydrogen-bond donors (Lipinski definition) is 2. The highest BCUT2D eigenvalue weighted by Crippen LogP contribution is 2.51. The van der Waals surface area contributed by atoms with E-state index in [4.69, 9.17) is 12.2 Å². The highest BCUT2D eigenvalue weighted by molar-refractivity contribution is 7.80. The highest BCUT2D eigenvalue weighted by atomic mass is 32.1. The van der Waals surface area contributed by atoms with Crippen LogP contribution in [0.25, 0.3) is 0 Å². The molecule has 0 aliphatic heterocycles. The van der Waals surface area contributed by atoms with E-state index in [1.54, 1.807) is 0 Å². The van der Waals surface area contributed by atoms with Crippen LogP contribution in [-0.4, -0.2) is 35.8 Å². The second kappa shape index (κ2) is 14.2. The van der Waals surface area contributed by atoms with E-state index in [1.807, 2.05) is 0 Å². The average Bonchev–Trinajstić information content (AvgIpc) is 3.48. The van der Waals surface area contributed by atoms with Crippen LogP contribution in [0.5, 0.6) is 0 Å². The van der Waals surface area contributed by atoms with Crippen molar-refractivity contribution in [1.82, 2.24) is 15.5 Å². The molecule has 1 fully saturated rings. The van der Waals surface area contributed by atoms with Crippen LogP contribution in [0, 0.1) is 5.92 Å². The minimum absolute atomic E-state index is 0.00550. The molecule has 5 rings (SSSR count). The molecule has 1 saturated carbocycles. The first kappa shape index (κ1) is 29.5. The molecule has 5 heteroatoms. The molecular formula is C36H42N3PS. The van der Waals surface area contributed by atoms with E-state index in [-0.39, 0.29) is 18.1 Å². The van der Waals surface area contributed by atoms with E-state index in [9.17, 15) is 0 Å². The van der Waals surface area contributed by atoms with Crippen LogP contribution in [0.3, 0.4) is 0 Å². The van der Waals surface area contributed by atoms with Crippen LogP contribution >= 0.6 is 20.1 Å². The fourth-order valence-electron chi connectivity index (χ4n) is 6.52. The Morgan fingerprint density at radius 1 is 0.707 bits per heavy atom. The Balaban J connectivity index is 1.37. The van der Waals surface area contributed by atoms with E-state index >= 15 is 0 Å². The third kappa shape index (κ3) is 7.25. The molecule has 0 radical (unpaired) electrons. The van der Waals surface area contributed by atoms with Crippen LogP contribution in [0.1, 0.15) is 49.4 Å². The minimum Gasteiger partial charge on any atom is -0.360 e. The van der Waals surface area contributed by atoms with Gasteiger partial charge in [0.05, 0.1) is 12.1 Å². The van der Waals surface area contributed by atoms with Gasteiger partial charge in [0.1, 0.15) is 0 Å². The van der Waals surface area contributed by atoms with Gasteiger partial charge in [-0.25, -0.2) is 0 Å². The molecule has 0 bridgehead atoms. The van der Waals surface area contributed by atoms with Gasteiger partial charge < -0.3 is 15.5 Å². The van der Waals surface area contributed by atoms with Crippen molar-refractivity contribution in [2.45, 2.75) is 50.0 Å². The van der Waals surface area contributed by atoms with Crippen LogP contribution < -0.4 is 21.2 Å². The number of thiocarbonyl (C=S) groups is 1. The van der Waals surface area contributed by atoms with E-state index < -0.39 is 7.92 Å². The Labute approximate surface area is 253 Å². The minimum atomic E-state index is -0.461. The van der Waals surface area contributed by atoms with E-state index in [0.29, 0.717) is 11.6 Å². The molecule has 0 amide bonds. The molecule has 41 heavy (non-hydrogen) atoms. The molecule has 2 N–H and O–H groups in total. The van der Waals surface area contributed by atoms with Gasteiger partial charge in [-0.2, -0.15) is 0 Å². The predicted molar refractivity (Wildman–Crippen MR) is 181 cm³/mol. The van der Waals surface area contributed by atoms with Crippen LogP contribution in [-0.2, 0) is 0 Å². The summed E-state index contributed by atoms with van der Waals surface area (Å²) >= 11 is 6.05. The summed E-state index contributed by atoms with van der Waals surface area (Å²) in [6.45, 7) is 2.33. The van der Waals surface area contributed by atoms with Gasteiger partial charge in [-0.15, -0.1) is 0 Å². The SMILES string of the molecule is C[C@@H](NC(=S)N[C@@H](c1ccccc1)[C@H](c1ccccc1)N(C)C)[C@@H]1CCCC1P(c1ccccc1)c1ccccc1. The smallest absolute Gasteiger partial charge is 0.167 e. The van der Waals surface area contributed by atoms with Gasteiger partial charge in [-0.05, 0) is 87.3 Å². The van der Waals surface area contributed by atoms with Crippen molar-refractivity contribution >= 4 is 35.9 Å². The number of nitrogens with zero attached hydrogens (tertiary/aromatic N) is 1. The molecule has 5 atom stereocenters. The zero-order valence-corrected chi connectivity index (χ0v) is 26.1. The molecular weight excluding hydrogens is 537 g/mol. The summed E-state index contributed by atoms with van der Waals surface area (Å²) in [6.07, 6.45) is 3.76. The average molecular weight is 580 g/mol.